The molecule has 9 heteroatoms. The Balaban J connectivity index is 1.29. The molecule has 2 aliphatic rings. The molecule has 2 aliphatic heterocycles. The van der Waals surface area contributed by atoms with Crippen molar-refractivity contribution in [1.82, 2.24) is 14.9 Å². The Morgan fingerprint density at radius 2 is 2.20 bits per heavy atom. The summed E-state index contributed by atoms with van der Waals surface area (Å²) >= 11 is 1.81. The van der Waals surface area contributed by atoms with Gasteiger partial charge in [-0.15, -0.1) is 11.3 Å². The SMILES string of the molecule is O=C(NCCN1CCc2sccc2C1)c1cccc(S(=O)(=O)NCC2CCCO2)c1. The van der Waals surface area contributed by atoms with Gasteiger partial charge in [-0.05, 0) is 54.5 Å². The summed E-state index contributed by atoms with van der Waals surface area (Å²) in [6.45, 7) is 4.12. The van der Waals surface area contributed by atoms with Crippen LogP contribution in [0.4, 0.5) is 0 Å². The van der Waals surface area contributed by atoms with Gasteiger partial charge in [-0.25, -0.2) is 13.1 Å². The smallest absolute Gasteiger partial charge is 0.251 e. The highest BCUT2D eigenvalue weighted by molar-refractivity contribution is 7.89. The third-order valence-corrected chi connectivity index (χ3v) is 7.98. The number of rotatable bonds is 8. The summed E-state index contributed by atoms with van der Waals surface area (Å²) in [6, 6.07) is 8.32. The van der Waals surface area contributed by atoms with Gasteiger partial charge in [0.05, 0.1) is 11.0 Å². The molecule has 0 spiro atoms. The van der Waals surface area contributed by atoms with Crippen molar-refractivity contribution in [3.8, 4) is 0 Å². The van der Waals surface area contributed by atoms with Crippen LogP contribution in [0.25, 0.3) is 0 Å². The molecule has 2 aromatic rings. The quantitative estimate of drug-likeness (QED) is 0.644. The van der Waals surface area contributed by atoms with Crippen molar-refractivity contribution in [2.24, 2.45) is 0 Å². The lowest BCUT2D eigenvalue weighted by atomic mass is 10.1. The Hall–Kier alpha value is -1.78. The van der Waals surface area contributed by atoms with Gasteiger partial charge in [0.25, 0.3) is 5.91 Å². The van der Waals surface area contributed by atoms with Crippen LogP contribution in [0.5, 0.6) is 0 Å². The number of fused-ring (bicyclic) bond motifs is 1. The first-order valence-electron chi connectivity index (χ1n) is 10.3. The fourth-order valence-corrected chi connectivity index (χ4v) is 5.82. The Kier molecular flexibility index (Phi) is 6.84. The minimum absolute atomic E-state index is 0.0776. The van der Waals surface area contributed by atoms with Crippen LogP contribution in [0.15, 0.2) is 40.6 Å². The monoisotopic (exact) mass is 449 g/mol. The lowest BCUT2D eigenvalue weighted by Gasteiger charge is -2.26. The molecular formula is C21H27N3O4S2. The fraction of sp³-hybridized carbons (Fsp3) is 0.476. The van der Waals surface area contributed by atoms with Gasteiger partial charge >= 0.3 is 0 Å². The maximum absolute atomic E-state index is 12.6. The molecule has 1 aromatic carbocycles. The molecule has 7 nitrogen and oxygen atoms in total. The normalized spacial score (nSPS) is 19.5. The van der Waals surface area contributed by atoms with Crippen molar-refractivity contribution in [2.45, 2.75) is 36.8 Å². The van der Waals surface area contributed by atoms with E-state index in [0.29, 0.717) is 18.7 Å². The highest BCUT2D eigenvalue weighted by Gasteiger charge is 2.21. The van der Waals surface area contributed by atoms with Gasteiger partial charge in [0.15, 0.2) is 0 Å². The van der Waals surface area contributed by atoms with Gasteiger partial charge in [0, 0.05) is 49.8 Å². The van der Waals surface area contributed by atoms with Gasteiger partial charge in [-0.3, -0.25) is 9.69 Å². The molecule has 1 unspecified atom stereocenters. The Labute approximate surface area is 181 Å². The number of nitrogens with zero attached hydrogens (tertiary/aromatic N) is 1. The third kappa shape index (κ3) is 5.28. The molecule has 30 heavy (non-hydrogen) atoms. The molecule has 3 heterocycles. The number of nitrogens with one attached hydrogen (secondary N) is 2. The summed E-state index contributed by atoms with van der Waals surface area (Å²) in [5, 5.41) is 5.04. The zero-order chi connectivity index (χ0) is 21.0. The van der Waals surface area contributed by atoms with E-state index in [1.165, 1.54) is 22.6 Å². The molecule has 1 atom stereocenters. The second-order valence-corrected chi connectivity index (χ2v) is 10.4. The summed E-state index contributed by atoms with van der Waals surface area (Å²) in [5.74, 6) is -0.264. The van der Waals surface area contributed by atoms with Gasteiger partial charge in [-0.1, -0.05) is 6.07 Å². The fourth-order valence-electron chi connectivity index (χ4n) is 3.82. The second-order valence-electron chi connectivity index (χ2n) is 7.67. The largest absolute Gasteiger partial charge is 0.377 e. The van der Waals surface area contributed by atoms with Gasteiger partial charge in [0.2, 0.25) is 10.0 Å². The number of thiophene rings is 1. The van der Waals surface area contributed by atoms with Crippen LogP contribution >= 0.6 is 11.3 Å². The molecule has 1 fully saturated rings. The summed E-state index contributed by atoms with van der Waals surface area (Å²) in [5.41, 5.74) is 1.72. The van der Waals surface area contributed by atoms with E-state index in [1.807, 2.05) is 11.3 Å². The Bertz CT molecular complexity index is 984. The van der Waals surface area contributed by atoms with Gasteiger partial charge in [-0.2, -0.15) is 0 Å². The first-order valence-corrected chi connectivity index (χ1v) is 12.6. The number of amides is 1. The number of carbonyl (C=O) groups is 1. The highest BCUT2D eigenvalue weighted by atomic mass is 32.2. The molecule has 1 aromatic heterocycles. The molecule has 0 aliphatic carbocycles. The second kappa shape index (κ2) is 9.57. The van der Waals surface area contributed by atoms with E-state index < -0.39 is 10.0 Å². The number of hydrogen-bond donors (Lipinski definition) is 2. The zero-order valence-corrected chi connectivity index (χ0v) is 18.4. The first-order chi connectivity index (χ1) is 14.5. The number of ether oxygens (including phenoxy) is 1. The Morgan fingerprint density at radius 1 is 1.30 bits per heavy atom. The standard InChI is InChI=1S/C21H27N3O4S2/c25-21(22-8-10-24-9-6-20-17(15-24)7-12-29-20)16-3-1-5-19(13-16)30(26,27)23-14-18-4-2-11-28-18/h1,3,5,7,12-13,18,23H,2,4,6,8-11,14-15H2,(H,22,25). The Morgan fingerprint density at radius 3 is 3.03 bits per heavy atom. The predicted molar refractivity (Wildman–Crippen MR) is 116 cm³/mol. The first kappa shape index (κ1) is 21.5. The highest BCUT2D eigenvalue weighted by Crippen LogP contribution is 2.23. The van der Waals surface area contributed by atoms with Gasteiger partial charge < -0.3 is 10.1 Å². The molecule has 4 rings (SSSR count). The summed E-state index contributed by atoms with van der Waals surface area (Å²) < 4.78 is 33.2. The van der Waals surface area contributed by atoms with Crippen molar-refractivity contribution >= 4 is 27.3 Å². The summed E-state index contributed by atoms with van der Waals surface area (Å²) in [6.07, 6.45) is 2.79. The predicted octanol–water partition coefficient (Wildman–Crippen LogP) is 1.99. The lowest BCUT2D eigenvalue weighted by Crippen LogP contribution is -2.37. The average Bonchev–Trinajstić information content (AvgIpc) is 3.44. The minimum Gasteiger partial charge on any atom is -0.377 e. The van der Waals surface area contributed by atoms with Crippen LogP contribution in [0, 0.1) is 0 Å². The molecule has 162 valence electrons. The van der Waals surface area contributed by atoms with E-state index in [0.717, 1.165) is 38.9 Å². The van der Waals surface area contributed by atoms with Crippen LogP contribution in [-0.2, 0) is 27.7 Å². The molecule has 2 N–H and O–H groups in total. The number of carbonyl (C=O) groups excluding carboxylic acids is 1. The van der Waals surface area contributed by atoms with Crippen LogP contribution < -0.4 is 10.0 Å². The van der Waals surface area contributed by atoms with E-state index in [4.69, 9.17) is 4.74 Å². The van der Waals surface area contributed by atoms with E-state index in [9.17, 15) is 13.2 Å². The van der Waals surface area contributed by atoms with Crippen molar-refractivity contribution in [2.75, 3.05) is 32.8 Å². The van der Waals surface area contributed by atoms with Crippen molar-refractivity contribution < 1.29 is 17.9 Å². The van der Waals surface area contributed by atoms with Crippen molar-refractivity contribution in [1.29, 1.82) is 0 Å². The average molecular weight is 450 g/mol. The topological polar surface area (TPSA) is 87.7 Å². The van der Waals surface area contributed by atoms with Crippen molar-refractivity contribution in [3.05, 3.63) is 51.7 Å². The molecular weight excluding hydrogens is 422 g/mol. The minimum atomic E-state index is -3.68. The number of hydrogen-bond acceptors (Lipinski definition) is 6. The number of benzene rings is 1. The third-order valence-electron chi connectivity index (χ3n) is 5.53. The molecule has 0 bridgehead atoms. The molecule has 1 saturated heterocycles. The lowest BCUT2D eigenvalue weighted by molar-refractivity contribution is 0.0947. The summed E-state index contributed by atoms with van der Waals surface area (Å²) in [4.78, 5) is 16.4. The molecule has 1 amide bonds. The van der Waals surface area contributed by atoms with E-state index in [-0.39, 0.29) is 23.5 Å². The molecule has 0 radical (unpaired) electrons. The number of sulfonamides is 1. The van der Waals surface area contributed by atoms with Crippen LogP contribution in [0.2, 0.25) is 0 Å². The summed E-state index contributed by atoms with van der Waals surface area (Å²) in [7, 11) is -3.68. The van der Waals surface area contributed by atoms with E-state index in [1.54, 1.807) is 12.1 Å². The van der Waals surface area contributed by atoms with Crippen LogP contribution in [0.3, 0.4) is 0 Å². The van der Waals surface area contributed by atoms with Crippen LogP contribution in [0.1, 0.15) is 33.6 Å². The maximum atomic E-state index is 12.6. The van der Waals surface area contributed by atoms with Gasteiger partial charge in [0.1, 0.15) is 0 Å². The van der Waals surface area contributed by atoms with E-state index >= 15 is 0 Å². The maximum Gasteiger partial charge on any atom is 0.251 e. The van der Waals surface area contributed by atoms with Crippen LogP contribution in [-0.4, -0.2) is 58.1 Å². The molecule has 0 saturated carbocycles. The van der Waals surface area contributed by atoms with E-state index in [2.05, 4.69) is 26.4 Å². The zero-order valence-electron chi connectivity index (χ0n) is 16.8. The van der Waals surface area contributed by atoms with Crippen molar-refractivity contribution in [3.63, 3.8) is 0 Å².